The Morgan fingerprint density at radius 2 is 2.20 bits per heavy atom. The van der Waals surface area contributed by atoms with E-state index < -0.39 is 0 Å². The molecule has 2 fully saturated rings. The van der Waals surface area contributed by atoms with Gasteiger partial charge in [-0.1, -0.05) is 0 Å². The Kier molecular flexibility index (Phi) is 1.29. The smallest absolute Gasteiger partial charge is 0.0333 e. The first-order chi connectivity index (χ1) is 4.73. The van der Waals surface area contributed by atoms with Gasteiger partial charge < -0.3 is 5.32 Å². The third-order valence-electron chi connectivity index (χ3n) is 2.96. The van der Waals surface area contributed by atoms with Crippen molar-refractivity contribution in [1.29, 1.82) is 0 Å². The van der Waals surface area contributed by atoms with Gasteiger partial charge in [0.2, 0.25) is 0 Å². The van der Waals surface area contributed by atoms with Gasteiger partial charge in [0.05, 0.1) is 0 Å². The van der Waals surface area contributed by atoms with Gasteiger partial charge in [0.25, 0.3) is 0 Å². The van der Waals surface area contributed by atoms with Gasteiger partial charge in [0, 0.05) is 24.7 Å². The van der Waals surface area contributed by atoms with Crippen molar-refractivity contribution >= 4 is 0 Å². The summed E-state index contributed by atoms with van der Waals surface area (Å²) < 4.78 is 0. The first kappa shape index (κ1) is 6.62. The van der Waals surface area contributed by atoms with E-state index in [0.29, 0.717) is 11.6 Å². The number of nitrogens with one attached hydrogen (secondary N) is 1. The minimum atomic E-state index is 0.590. The van der Waals surface area contributed by atoms with E-state index in [1.165, 1.54) is 25.9 Å². The lowest BCUT2D eigenvalue weighted by atomic mass is 10.1. The third kappa shape index (κ3) is 0.867. The topological polar surface area (TPSA) is 15.3 Å². The Labute approximate surface area is 62.6 Å². The van der Waals surface area contributed by atoms with Crippen LogP contribution in [0.5, 0.6) is 0 Å². The summed E-state index contributed by atoms with van der Waals surface area (Å²) in [5.74, 6) is 0. The summed E-state index contributed by atoms with van der Waals surface area (Å²) in [5, 5.41) is 3.52. The molecule has 1 aliphatic heterocycles. The lowest BCUT2D eigenvalue weighted by Gasteiger charge is -2.37. The molecule has 0 unspecified atom stereocenters. The largest absolute Gasteiger partial charge is 0.311 e. The van der Waals surface area contributed by atoms with Gasteiger partial charge in [-0.2, -0.15) is 0 Å². The van der Waals surface area contributed by atoms with E-state index >= 15 is 0 Å². The molecule has 2 heteroatoms. The van der Waals surface area contributed by atoms with Gasteiger partial charge in [-0.3, -0.25) is 4.90 Å². The minimum absolute atomic E-state index is 0.590. The molecule has 1 atom stereocenters. The van der Waals surface area contributed by atoms with Crippen LogP contribution in [0.25, 0.3) is 0 Å². The summed E-state index contributed by atoms with van der Waals surface area (Å²) in [6, 6.07) is 0.691. The van der Waals surface area contributed by atoms with E-state index in [1.807, 2.05) is 0 Å². The van der Waals surface area contributed by atoms with Crippen molar-refractivity contribution in [2.45, 2.75) is 31.3 Å². The normalized spacial score (nSPS) is 38.4. The van der Waals surface area contributed by atoms with Crippen LogP contribution in [0.2, 0.25) is 0 Å². The highest BCUT2D eigenvalue weighted by molar-refractivity contribution is 5.07. The molecule has 1 saturated heterocycles. The van der Waals surface area contributed by atoms with Crippen molar-refractivity contribution in [3.63, 3.8) is 0 Å². The Hall–Kier alpha value is -0.0800. The maximum atomic E-state index is 3.52. The van der Waals surface area contributed by atoms with Crippen molar-refractivity contribution in [2.24, 2.45) is 0 Å². The molecule has 0 aromatic carbocycles. The predicted molar refractivity (Wildman–Crippen MR) is 42.1 cm³/mol. The second-order valence-corrected chi connectivity index (χ2v) is 3.89. The zero-order chi connectivity index (χ0) is 7.19. The van der Waals surface area contributed by atoms with Crippen LogP contribution in [-0.2, 0) is 0 Å². The predicted octanol–water partition coefficient (Wildman–Crippen LogP) is 0.442. The molecule has 2 aliphatic rings. The Morgan fingerprint density at radius 1 is 1.50 bits per heavy atom. The van der Waals surface area contributed by atoms with Crippen LogP contribution in [0, 0.1) is 0 Å². The summed E-state index contributed by atoms with van der Waals surface area (Å²) in [7, 11) is 2.25. The number of hydrogen-bond acceptors (Lipinski definition) is 2. The fraction of sp³-hybridized carbons (Fsp3) is 1.00. The van der Waals surface area contributed by atoms with E-state index in [4.69, 9.17) is 0 Å². The number of nitrogens with zero attached hydrogens (tertiary/aromatic N) is 1. The molecule has 1 saturated carbocycles. The number of piperazine rings is 1. The first-order valence-electron chi connectivity index (χ1n) is 4.18. The van der Waals surface area contributed by atoms with Crippen LogP contribution in [0.4, 0.5) is 0 Å². The monoisotopic (exact) mass is 140 g/mol. The number of likely N-dealkylation sites (N-methyl/N-ethyl adjacent to an activating group) is 1. The van der Waals surface area contributed by atoms with E-state index in [2.05, 4.69) is 24.2 Å². The van der Waals surface area contributed by atoms with Gasteiger partial charge in [0.1, 0.15) is 0 Å². The fourth-order valence-corrected chi connectivity index (χ4v) is 1.87. The number of hydrogen-bond donors (Lipinski definition) is 1. The first-order valence-corrected chi connectivity index (χ1v) is 4.18. The standard InChI is InChI=1S/C8H16N2/c1-7-5-10(2)8(3-4-8)6-9-7/h7,9H,3-6H2,1-2H3/t7-/m0/s1. The van der Waals surface area contributed by atoms with Gasteiger partial charge in [0.15, 0.2) is 0 Å². The van der Waals surface area contributed by atoms with Crippen molar-refractivity contribution in [1.82, 2.24) is 10.2 Å². The van der Waals surface area contributed by atoms with Crippen LogP contribution < -0.4 is 5.32 Å². The van der Waals surface area contributed by atoms with Gasteiger partial charge >= 0.3 is 0 Å². The summed E-state index contributed by atoms with van der Waals surface area (Å²) in [5.41, 5.74) is 0.590. The Morgan fingerprint density at radius 3 is 2.70 bits per heavy atom. The van der Waals surface area contributed by atoms with Crippen molar-refractivity contribution in [3.8, 4) is 0 Å². The molecule has 0 bridgehead atoms. The molecule has 58 valence electrons. The fourth-order valence-electron chi connectivity index (χ4n) is 1.87. The second kappa shape index (κ2) is 1.95. The van der Waals surface area contributed by atoms with Crippen molar-refractivity contribution in [2.75, 3.05) is 20.1 Å². The third-order valence-corrected chi connectivity index (χ3v) is 2.96. The van der Waals surface area contributed by atoms with Crippen LogP contribution in [0.1, 0.15) is 19.8 Å². The lowest BCUT2D eigenvalue weighted by Crippen LogP contribution is -2.55. The maximum Gasteiger partial charge on any atom is 0.0333 e. The molecular formula is C8H16N2. The molecule has 2 rings (SSSR count). The maximum absolute atomic E-state index is 3.52. The molecule has 1 heterocycles. The Balaban J connectivity index is 2.01. The van der Waals surface area contributed by atoms with E-state index in [0.717, 1.165) is 0 Å². The second-order valence-electron chi connectivity index (χ2n) is 3.89. The molecule has 1 aliphatic carbocycles. The SMILES string of the molecule is C[C@H]1CN(C)C2(CC2)CN1. The lowest BCUT2D eigenvalue weighted by molar-refractivity contribution is 0.151. The average Bonchev–Trinajstić information content (AvgIpc) is 2.62. The Bertz CT molecular complexity index is 140. The van der Waals surface area contributed by atoms with Crippen LogP contribution in [0.3, 0.4) is 0 Å². The summed E-state index contributed by atoms with van der Waals surface area (Å²) in [6.07, 6.45) is 2.81. The zero-order valence-electron chi connectivity index (χ0n) is 6.85. The van der Waals surface area contributed by atoms with Gasteiger partial charge in [-0.15, -0.1) is 0 Å². The summed E-state index contributed by atoms with van der Waals surface area (Å²) >= 11 is 0. The molecular weight excluding hydrogens is 124 g/mol. The molecule has 2 nitrogen and oxygen atoms in total. The molecule has 1 N–H and O–H groups in total. The van der Waals surface area contributed by atoms with Crippen LogP contribution >= 0.6 is 0 Å². The highest BCUT2D eigenvalue weighted by Gasteiger charge is 2.48. The molecule has 10 heavy (non-hydrogen) atoms. The molecule has 0 radical (unpaired) electrons. The van der Waals surface area contributed by atoms with Crippen LogP contribution in [0.15, 0.2) is 0 Å². The number of rotatable bonds is 0. The average molecular weight is 140 g/mol. The van der Waals surface area contributed by atoms with Crippen LogP contribution in [-0.4, -0.2) is 36.6 Å². The summed E-state index contributed by atoms with van der Waals surface area (Å²) in [6.45, 7) is 4.69. The van der Waals surface area contributed by atoms with E-state index in [-0.39, 0.29) is 0 Å². The zero-order valence-corrected chi connectivity index (χ0v) is 6.85. The van der Waals surface area contributed by atoms with Crippen molar-refractivity contribution in [3.05, 3.63) is 0 Å². The molecule has 0 aromatic rings. The minimum Gasteiger partial charge on any atom is -0.311 e. The van der Waals surface area contributed by atoms with Gasteiger partial charge in [-0.25, -0.2) is 0 Å². The van der Waals surface area contributed by atoms with E-state index in [1.54, 1.807) is 0 Å². The molecule has 0 amide bonds. The molecule has 0 aromatic heterocycles. The highest BCUT2D eigenvalue weighted by Crippen LogP contribution is 2.41. The van der Waals surface area contributed by atoms with E-state index in [9.17, 15) is 0 Å². The van der Waals surface area contributed by atoms with Crippen molar-refractivity contribution < 1.29 is 0 Å². The molecule has 1 spiro atoms. The summed E-state index contributed by atoms with van der Waals surface area (Å²) in [4.78, 5) is 2.52. The highest BCUT2D eigenvalue weighted by atomic mass is 15.3. The van der Waals surface area contributed by atoms with Gasteiger partial charge in [-0.05, 0) is 26.8 Å². The quantitative estimate of drug-likeness (QED) is 0.525.